The summed E-state index contributed by atoms with van der Waals surface area (Å²) >= 11 is 5.97. The van der Waals surface area contributed by atoms with Gasteiger partial charge in [-0.3, -0.25) is 9.59 Å². The second kappa shape index (κ2) is 9.07. The molecule has 0 bridgehead atoms. The molecule has 0 unspecified atom stereocenters. The van der Waals surface area contributed by atoms with Gasteiger partial charge in [0.15, 0.2) is 0 Å². The molecule has 0 radical (unpaired) electrons. The van der Waals surface area contributed by atoms with Gasteiger partial charge in [0, 0.05) is 18.1 Å². The zero-order valence-electron chi connectivity index (χ0n) is 19.0. The van der Waals surface area contributed by atoms with Crippen molar-refractivity contribution in [2.45, 2.75) is 32.1 Å². The van der Waals surface area contributed by atoms with E-state index < -0.39 is 5.54 Å². The monoisotopic (exact) mass is 491 g/mol. The van der Waals surface area contributed by atoms with E-state index in [1.54, 1.807) is 54.5 Å². The van der Waals surface area contributed by atoms with Gasteiger partial charge in [0.05, 0.1) is 18.5 Å². The summed E-state index contributed by atoms with van der Waals surface area (Å²) in [6.45, 7) is 2.42. The fraction of sp³-hybridized carbons (Fsp3) is 0.185. The van der Waals surface area contributed by atoms with E-state index in [-0.39, 0.29) is 37.3 Å². The lowest BCUT2D eigenvalue weighted by atomic mass is 9.93. The Hall–Kier alpha value is -3.84. The van der Waals surface area contributed by atoms with Crippen molar-refractivity contribution < 1.29 is 18.4 Å². The first-order valence-electron chi connectivity index (χ1n) is 11.2. The molecule has 0 spiro atoms. The molecule has 2 aromatic carbocycles. The predicted octanol–water partition coefficient (Wildman–Crippen LogP) is 5.27. The number of fused-ring (bicyclic) bond motifs is 1. The molecule has 8 heteroatoms. The van der Waals surface area contributed by atoms with Gasteiger partial charge in [-0.2, -0.15) is 0 Å². The molecule has 2 aromatic heterocycles. The highest BCUT2D eigenvalue weighted by Gasteiger charge is 2.47. The van der Waals surface area contributed by atoms with E-state index in [0.717, 1.165) is 16.8 Å². The van der Waals surface area contributed by atoms with E-state index >= 15 is 0 Å². The van der Waals surface area contributed by atoms with Gasteiger partial charge in [-0.05, 0) is 66.6 Å². The summed E-state index contributed by atoms with van der Waals surface area (Å²) in [5.41, 5.74) is 1.57. The number of hydrogen-bond donors (Lipinski definition) is 1. The third kappa shape index (κ3) is 4.35. The van der Waals surface area contributed by atoms with Crippen LogP contribution in [0.2, 0.25) is 5.02 Å². The standard InChI is InChI=1S/C27H23ClFN3O3/c1-27(26(34)30-15-18-4-8-20(28)9-5-18)17-31-22(24-3-2-14-35-24)12-13-23(31)25(33)32(27)16-19-6-10-21(29)11-7-19/h2-14H,15-17H2,1H3,(H,30,34)/t27-/m1/s1. The largest absolute Gasteiger partial charge is 0.463 e. The van der Waals surface area contributed by atoms with E-state index in [1.165, 1.54) is 12.1 Å². The highest BCUT2D eigenvalue weighted by Crippen LogP contribution is 2.34. The second-order valence-corrected chi connectivity index (χ2v) is 9.20. The Morgan fingerprint density at radius 1 is 1.03 bits per heavy atom. The van der Waals surface area contributed by atoms with Gasteiger partial charge in [-0.25, -0.2) is 4.39 Å². The van der Waals surface area contributed by atoms with Crippen LogP contribution in [0.15, 0.2) is 83.5 Å². The van der Waals surface area contributed by atoms with E-state index in [9.17, 15) is 14.0 Å². The summed E-state index contributed by atoms with van der Waals surface area (Å²) < 4.78 is 20.9. The number of carbonyl (C=O) groups is 2. The lowest BCUT2D eigenvalue weighted by Crippen LogP contribution is -2.63. The Labute approximate surface area is 206 Å². The minimum Gasteiger partial charge on any atom is -0.463 e. The number of aromatic nitrogens is 1. The van der Waals surface area contributed by atoms with Crippen molar-refractivity contribution in [3.05, 3.63) is 107 Å². The van der Waals surface area contributed by atoms with Crippen LogP contribution >= 0.6 is 11.6 Å². The quantitative estimate of drug-likeness (QED) is 0.399. The normalized spacial score (nSPS) is 17.3. The first kappa shape index (κ1) is 22.9. The summed E-state index contributed by atoms with van der Waals surface area (Å²) in [6.07, 6.45) is 1.57. The lowest BCUT2D eigenvalue weighted by molar-refractivity contribution is -0.133. The van der Waals surface area contributed by atoms with E-state index in [4.69, 9.17) is 16.0 Å². The number of nitrogens with zero attached hydrogens (tertiary/aromatic N) is 2. The third-order valence-electron chi connectivity index (χ3n) is 6.39. The van der Waals surface area contributed by atoms with Crippen LogP contribution in [0.3, 0.4) is 0 Å². The van der Waals surface area contributed by atoms with Crippen molar-refractivity contribution in [3.63, 3.8) is 0 Å². The molecule has 5 rings (SSSR count). The highest BCUT2D eigenvalue weighted by atomic mass is 35.5. The van der Waals surface area contributed by atoms with Crippen LogP contribution in [-0.4, -0.2) is 26.8 Å². The van der Waals surface area contributed by atoms with Crippen molar-refractivity contribution in [1.29, 1.82) is 0 Å². The number of nitrogens with one attached hydrogen (secondary N) is 1. The molecule has 3 heterocycles. The average molecular weight is 492 g/mol. The fourth-order valence-corrected chi connectivity index (χ4v) is 4.53. The number of benzene rings is 2. The Morgan fingerprint density at radius 3 is 2.40 bits per heavy atom. The number of furan rings is 1. The minimum absolute atomic E-state index is 0.158. The summed E-state index contributed by atoms with van der Waals surface area (Å²) in [5.74, 6) is -0.339. The minimum atomic E-state index is -1.22. The van der Waals surface area contributed by atoms with Gasteiger partial charge >= 0.3 is 0 Å². The maximum atomic E-state index is 13.7. The number of carbonyl (C=O) groups excluding carboxylic acids is 2. The van der Waals surface area contributed by atoms with Gasteiger partial charge in [0.2, 0.25) is 5.91 Å². The first-order chi connectivity index (χ1) is 16.8. The highest BCUT2D eigenvalue weighted by molar-refractivity contribution is 6.30. The van der Waals surface area contributed by atoms with E-state index in [1.807, 2.05) is 28.8 Å². The maximum absolute atomic E-state index is 13.7. The zero-order valence-corrected chi connectivity index (χ0v) is 19.8. The molecule has 1 atom stereocenters. The lowest BCUT2D eigenvalue weighted by Gasteiger charge is -2.44. The first-order valence-corrected chi connectivity index (χ1v) is 11.6. The van der Waals surface area contributed by atoms with Gasteiger partial charge in [0.25, 0.3) is 5.91 Å². The predicted molar refractivity (Wildman–Crippen MR) is 130 cm³/mol. The molecule has 1 N–H and O–H groups in total. The van der Waals surface area contributed by atoms with Crippen LogP contribution in [0, 0.1) is 5.82 Å². The number of halogens is 2. The molecule has 0 saturated heterocycles. The van der Waals surface area contributed by atoms with Gasteiger partial charge in [0.1, 0.15) is 22.8 Å². The fourth-order valence-electron chi connectivity index (χ4n) is 4.41. The Morgan fingerprint density at radius 2 is 1.71 bits per heavy atom. The van der Waals surface area contributed by atoms with Crippen molar-refractivity contribution in [2.75, 3.05) is 0 Å². The molecular formula is C27H23ClFN3O3. The van der Waals surface area contributed by atoms with Crippen LogP contribution in [0.4, 0.5) is 4.39 Å². The molecule has 178 valence electrons. The average Bonchev–Trinajstić information content (AvgIpc) is 3.52. The topological polar surface area (TPSA) is 67.5 Å². The van der Waals surface area contributed by atoms with Crippen molar-refractivity contribution in [1.82, 2.24) is 14.8 Å². The molecule has 1 aliphatic rings. The maximum Gasteiger partial charge on any atom is 0.271 e. The molecule has 2 amide bonds. The Bertz CT molecular complexity index is 1360. The van der Waals surface area contributed by atoms with Crippen LogP contribution in [0.25, 0.3) is 11.5 Å². The van der Waals surface area contributed by atoms with E-state index in [2.05, 4.69) is 5.32 Å². The SMILES string of the molecule is C[C@]1(C(=O)NCc2ccc(Cl)cc2)Cn2c(ccc2-c2ccco2)C(=O)N1Cc1ccc(F)cc1. The Kier molecular flexibility index (Phi) is 5.94. The van der Waals surface area contributed by atoms with Crippen LogP contribution in [-0.2, 0) is 24.4 Å². The van der Waals surface area contributed by atoms with Gasteiger partial charge < -0.3 is 19.2 Å². The summed E-state index contributed by atoms with van der Waals surface area (Å²) in [4.78, 5) is 28.9. The zero-order chi connectivity index (χ0) is 24.6. The van der Waals surface area contributed by atoms with Crippen molar-refractivity contribution in [3.8, 4) is 11.5 Å². The second-order valence-electron chi connectivity index (χ2n) is 8.77. The molecule has 0 aliphatic carbocycles. The molecule has 0 saturated carbocycles. The number of amides is 2. The van der Waals surface area contributed by atoms with Crippen LogP contribution < -0.4 is 5.32 Å². The van der Waals surface area contributed by atoms with Gasteiger partial charge in [-0.15, -0.1) is 0 Å². The number of rotatable bonds is 6. The smallest absolute Gasteiger partial charge is 0.271 e. The van der Waals surface area contributed by atoms with E-state index in [0.29, 0.717) is 16.5 Å². The summed E-state index contributed by atoms with van der Waals surface area (Å²) in [7, 11) is 0. The van der Waals surface area contributed by atoms with Gasteiger partial charge in [-0.1, -0.05) is 35.9 Å². The van der Waals surface area contributed by atoms with Crippen LogP contribution in [0.5, 0.6) is 0 Å². The van der Waals surface area contributed by atoms with Crippen molar-refractivity contribution in [2.24, 2.45) is 0 Å². The summed E-state index contributed by atoms with van der Waals surface area (Å²) in [6, 6.07) is 20.3. The van der Waals surface area contributed by atoms with Crippen molar-refractivity contribution >= 4 is 23.4 Å². The number of hydrogen-bond acceptors (Lipinski definition) is 3. The molecule has 4 aromatic rings. The third-order valence-corrected chi connectivity index (χ3v) is 6.64. The van der Waals surface area contributed by atoms with Crippen LogP contribution in [0.1, 0.15) is 28.5 Å². The summed E-state index contributed by atoms with van der Waals surface area (Å²) in [5, 5.41) is 3.59. The molecule has 1 aliphatic heterocycles. The molecule has 6 nitrogen and oxygen atoms in total. The molecule has 0 fully saturated rings. The molecular weight excluding hydrogens is 469 g/mol. The molecule has 35 heavy (non-hydrogen) atoms. The Balaban J connectivity index is 1.50.